The summed E-state index contributed by atoms with van der Waals surface area (Å²) in [4.78, 5) is 26.1. The normalized spacial score (nSPS) is 21.9. The minimum Gasteiger partial charge on any atom is -0.478 e. The van der Waals surface area contributed by atoms with Crippen molar-refractivity contribution < 1.29 is 19.4 Å². The monoisotopic (exact) mass is 331 g/mol. The lowest BCUT2D eigenvalue weighted by Gasteiger charge is -2.48. The molecule has 1 saturated carbocycles. The van der Waals surface area contributed by atoms with E-state index in [1.165, 1.54) is 6.07 Å². The molecule has 1 N–H and O–H groups in total. The number of carbonyl (C=O) groups excluding carboxylic acids is 1. The number of aromatic carboxylic acids is 1. The number of hydrogen-bond acceptors (Lipinski definition) is 3. The number of carbonyl (C=O) groups is 2. The van der Waals surface area contributed by atoms with Crippen LogP contribution in [-0.2, 0) is 4.74 Å². The van der Waals surface area contributed by atoms with Gasteiger partial charge in [-0.25, -0.2) is 4.79 Å². The number of morpholine rings is 1. The number of amides is 1. The topological polar surface area (TPSA) is 66.8 Å². The van der Waals surface area contributed by atoms with E-state index in [9.17, 15) is 14.7 Å². The first-order chi connectivity index (χ1) is 11.2. The minimum atomic E-state index is -1.01. The van der Waals surface area contributed by atoms with Gasteiger partial charge in [-0.15, -0.1) is 0 Å². The van der Waals surface area contributed by atoms with E-state index in [0.29, 0.717) is 18.7 Å². The number of carboxylic acid groups (broad SMARTS) is 1. The van der Waals surface area contributed by atoms with Gasteiger partial charge in [0.1, 0.15) is 0 Å². The second-order valence-electron chi connectivity index (χ2n) is 7.81. The van der Waals surface area contributed by atoms with E-state index in [2.05, 4.69) is 0 Å². The molecular weight excluding hydrogens is 306 g/mol. The van der Waals surface area contributed by atoms with Crippen LogP contribution in [0.4, 0.5) is 0 Å². The van der Waals surface area contributed by atoms with Crippen LogP contribution in [0.5, 0.6) is 0 Å². The molecule has 0 aromatic heterocycles. The first-order valence-corrected chi connectivity index (χ1v) is 8.54. The summed E-state index contributed by atoms with van der Waals surface area (Å²) in [5.74, 6) is -1.12. The highest BCUT2D eigenvalue weighted by Crippen LogP contribution is 2.41. The van der Waals surface area contributed by atoms with Gasteiger partial charge in [0.05, 0.1) is 23.3 Å². The number of aryl methyl sites for hydroxylation is 1. The average Bonchev–Trinajstić information content (AvgIpc) is 2.91. The maximum absolute atomic E-state index is 13.0. The zero-order chi connectivity index (χ0) is 17.5. The summed E-state index contributed by atoms with van der Waals surface area (Å²) in [5.41, 5.74) is 0.746. The number of hydrogen-bond donors (Lipinski definition) is 1. The van der Waals surface area contributed by atoms with Crippen molar-refractivity contribution in [2.24, 2.45) is 0 Å². The highest BCUT2D eigenvalue weighted by Gasteiger charge is 2.47. The Balaban J connectivity index is 1.90. The molecule has 1 aromatic carbocycles. The Labute approximate surface area is 142 Å². The fourth-order valence-electron chi connectivity index (χ4n) is 4.15. The molecule has 1 spiro atoms. The summed E-state index contributed by atoms with van der Waals surface area (Å²) < 4.78 is 6.34. The second kappa shape index (κ2) is 5.88. The Hall–Kier alpha value is -1.88. The number of rotatable bonds is 2. The molecule has 5 heteroatoms. The van der Waals surface area contributed by atoms with Crippen molar-refractivity contribution in [3.05, 3.63) is 34.9 Å². The molecular formula is C19H25NO4. The summed E-state index contributed by atoms with van der Waals surface area (Å²) >= 11 is 0. The van der Waals surface area contributed by atoms with E-state index in [0.717, 1.165) is 31.2 Å². The third-order valence-electron chi connectivity index (χ3n) is 4.92. The summed E-state index contributed by atoms with van der Waals surface area (Å²) in [5, 5.41) is 9.23. The van der Waals surface area contributed by atoms with E-state index >= 15 is 0 Å². The van der Waals surface area contributed by atoms with Crippen LogP contribution in [0.2, 0.25) is 0 Å². The van der Waals surface area contributed by atoms with Gasteiger partial charge in [-0.05, 0) is 57.4 Å². The summed E-state index contributed by atoms with van der Waals surface area (Å²) in [7, 11) is 0. The van der Waals surface area contributed by atoms with Crippen molar-refractivity contribution in [1.29, 1.82) is 0 Å². The largest absolute Gasteiger partial charge is 0.478 e. The lowest BCUT2D eigenvalue weighted by Crippen LogP contribution is -2.60. The van der Waals surface area contributed by atoms with Crippen molar-refractivity contribution in [3.8, 4) is 0 Å². The quantitative estimate of drug-likeness (QED) is 0.903. The van der Waals surface area contributed by atoms with Crippen molar-refractivity contribution in [1.82, 2.24) is 4.90 Å². The van der Waals surface area contributed by atoms with Crippen molar-refractivity contribution in [2.75, 3.05) is 13.1 Å². The van der Waals surface area contributed by atoms with E-state index in [1.807, 2.05) is 25.7 Å². The predicted molar refractivity (Wildman–Crippen MR) is 90.4 cm³/mol. The molecule has 2 aliphatic rings. The van der Waals surface area contributed by atoms with Gasteiger partial charge in [-0.2, -0.15) is 0 Å². The van der Waals surface area contributed by atoms with E-state index < -0.39 is 11.6 Å². The zero-order valence-electron chi connectivity index (χ0n) is 14.6. The number of benzene rings is 1. The average molecular weight is 331 g/mol. The molecule has 0 bridgehead atoms. The molecule has 2 fully saturated rings. The number of nitrogens with zero attached hydrogens (tertiary/aromatic N) is 1. The van der Waals surface area contributed by atoms with Gasteiger partial charge in [-0.1, -0.05) is 12.8 Å². The first kappa shape index (κ1) is 17.0. The van der Waals surface area contributed by atoms with Gasteiger partial charge in [0.15, 0.2) is 0 Å². The lowest BCUT2D eigenvalue weighted by molar-refractivity contribution is -0.184. The standard InChI is InChI=1S/C19H25NO4/c1-13-8-14(10-15(9-13)17(22)23)16(21)20-11-18(2,3)24-19(12-20)6-4-5-7-19/h8-10H,4-7,11-12H2,1-3H3,(H,22,23). The lowest BCUT2D eigenvalue weighted by atomic mass is 9.93. The summed E-state index contributed by atoms with van der Waals surface area (Å²) in [6.07, 6.45) is 4.22. The summed E-state index contributed by atoms with van der Waals surface area (Å²) in [6, 6.07) is 4.82. The van der Waals surface area contributed by atoms with Crippen LogP contribution in [0.1, 0.15) is 65.8 Å². The van der Waals surface area contributed by atoms with Crippen LogP contribution < -0.4 is 0 Å². The summed E-state index contributed by atoms with van der Waals surface area (Å²) in [6.45, 7) is 6.96. The third kappa shape index (κ3) is 3.31. The minimum absolute atomic E-state index is 0.108. The van der Waals surface area contributed by atoms with Gasteiger partial charge >= 0.3 is 5.97 Å². The van der Waals surface area contributed by atoms with Crippen LogP contribution in [0.15, 0.2) is 18.2 Å². The van der Waals surface area contributed by atoms with Crippen LogP contribution in [-0.4, -0.2) is 46.2 Å². The Kier molecular flexibility index (Phi) is 4.16. The van der Waals surface area contributed by atoms with E-state index in [-0.39, 0.29) is 17.1 Å². The van der Waals surface area contributed by atoms with Gasteiger partial charge in [0.2, 0.25) is 0 Å². The molecule has 0 unspecified atom stereocenters. The van der Waals surface area contributed by atoms with Crippen molar-refractivity contribution >= 4 is 11.9 Å². The Morgan fingerprint density at radius 1 is 1.08 bits per heavy atom. The molecule has 1 aliphatic heterocycles. The first-order valence-electron chi connectivity index (χ1n) is 8.54. The molecule has 1 amide bonds. The molecule has 1 heterocycles. The van der Waals surface area contributed by atoms with Crippen LogP contribution >= 0.6 is 0 Å². The Morgan fingerprint density at radius 3 is 2.33 bits per heavy atom. The number of carboxylic acids is 1. The van der Waals surface area contributed by atoms with E-state index in [1.54, 1.807) is 12.1 Å². The predicted octanol–water partition coefficient (Wildman–Crippen LogP) is 3.26. The second-order valence-corrected chi connectivity index (χ2v) is 7.81. The molecule has 24 heavy (non-hydrogen) atoms. The van der Waals surface area contributed by atoms with Gasteiger partial charge < -0.3 is 14.7 Å². The maximum atomic E-state index is 13.0. The Morgan fingerprint density at radius 2 is 1.71 bits per heavy atom. The molecule has 1 aromatic rings. The SMILES string of the molecule is Cc1cc(C(=O)O)cc(C(=O)N2CC(C)(C)OC3(CCCC3)C2)c1. The Bertz CT molecular complexity index is 674. The van der Waals surface area contributed by atoms with Gasteiger partial charge in [0, 0.05) is 12.1 Å². The molecule has 3 rings (SSSR count). The number of ether oxygens (including phenoxy) is 1. The van der Waals surface area contributed by atoms with Crippen molar-refractivity contribution in [2.45, 2.75) is 57.7 Å². The molecule has 5 nitrogen and oxygen atoms in total. The molecule has 1 aliphatic carbocycles. The maximum Gasteiger partial charge on any atom is 0.335 e. The fourth-order valence-corrected chi connectivity index (χ4v) is 4.15. The molecule has 0 radical (unpaired) electrons. The highest BCUT2D eigenvalue weighted by molar-refractivity contribution is 5.98. The van der Waals surface area contributed by atoms with Crippen molar-refractivity contribution in [3.63, 3.8) is 0 Å². The van der Waals surface area contributed by atoms with Crippen LogP contribution in [0.3, 0.4) is 0 Å². The zero-order valence-corrected chi connectivity index (χ0v) is 14.6. The third-order valence-corrected chi connectivity index (χ3v) is 4.92. The highest BCUT2D eigenvalue weighted by atomic mass is 16.5. The van der Waals surface area contributed by atoms with Gasteiger partial charge in [-0.3, -0.25) is 4.79 Å². The van der Waals surface area contributed by atoms with Crippen LogP contribution in [0, 0.1) is 6.92 Å². The smallest absolute Gasteiger partial charge is 0.335 e. The molecule has 130 valence electrons. The molecule has 1 saturated heterocycles. The van der Waals surface area contributed by atoms with Gasteiger partial charge in [0.25, 0.3) is 5.91 Å². The van der Waals surface area contributed by atoms with E-state index in [4.69, 9.17) is 4.74 Å². The molecule has 0 atom stereocenters. The fraction of sp³-hybridized carbons (Fsp3) is 0.579. The van der Waals surface area contributed by atoms with Crippen LogP contribution in [0.25, 0.3) is 0 Å².